The van der Waals surface area contributed by atoms with Gasteiger partial charge in [0, 0.05) is 18.6 Å². The first-order valence-corrected chi connectivity index (χ1v) is 7.83. The lowest BCUT2D eigenvalue weighted by Crippen LogP contribution is -2.25. The number of hydrogen-bond donors (Lipinski definition) is 2. The molecule has 0 saturated carbocycles. The fourth-order valence-corrected chi connectivity index (χ4v) is 2.55. The van der Waals surface area contributed by atoms with Gasteiger partial charge in [0.1, 0.15) is 4.88 Å². The smallest absolute Gasteiger partial charge is 0.263 e. The Morgan fingerprint density at radius 1 is 1.35 bits per heavy atom. The first-order chi connectivity index (χ1) is 9.15. The standard InChI is InChI=1S/C15H26N2O2S/c1-14(2,3)13-17-9-11(20-13)12(19)16-8-6-7-15(4,5)10-18/h9,18H,6-8,10H2,1-5H3,(H,16,19). The summed E-state index contributed by atoms with van der Waals surface area (Å²) >= 11 is 1.45. The summed E-state index contributed by atoms with van der Waals surface area (Å²) in [5.41, 5.74) is -0.0943. The van der Waals surface area contributed by atoms with Crippen LogP contribution in [0.15, 0.2) is 6.20 Å². The molecule has 0 saturated heterocycles. The van der Waals surface area contributed by atoms with Gasteiger partial charge >= 0.3 is 0 Å². The molecule has 0 aliphatic rings. The highest BCUT2D eigenvalue weighted by Crippen LogP contribution is 2.26. The predicted octanol–water partition coefficient (Wildman–Crippen LogP) is 2.97. The summed E-state index contributed by atoms with van der Waals surface area (Å²) in [6.07, 6.45) is 3.40. The van der Waals surface area contributed by atoms with Crippen molar-refractivity contribution in [1.82, 2.24) is 10.3 Å². The van der Waals surface area contributed by atoms with Crippen LogP contribution in [0.25, 0.3) is 0 Å². The largest absolute Gasteiger partial charge is 0.396 e. The molecule has 5 heteroatoms. The van der Waals surface area contributed by atoms with E-state index < -0.39 is 0 Å². The number of aliphatic hydroxyl groups is 1. The molecule has 0 unspecified atom stereocenters. The number of aromatic nitrogens is 1. The summed E-state index contributed by atoms with van der Waals surface area (Å²) in [5, 5.41) is 13.1. The second-order valence-corrected chi connectivity index (χ2v) is 7.99. The van der Waals surface area contributed by atoms with Crippen molar-refractivity contribution >= 4 is 17.2 Å². The number of rotatable bonds is 6. The summed E-state index contributed by atoms with van der Waals surface area (Å²) in [7, 11) is 0. The second kappa shape index (κ2) is 6.68. The van der Waals surface area contributed by atoms with Crippen molar-refractivity contribution in [2.24, 2.45) is 5.41 Å². The van der Waals surface area contributed by atoms with Crippen molar-refractivity contribution in [2.45, 2.75) is 52.9 Å². The molecule has 0 aromatic carbocycles. The molecule has 1 rings (SSSR count). The fraction of sp³-hybridized carbons (Fsp3) is 0.733. The minimum atomic E-state index is -0.0748. The van der Waals surface area contributed by atoms with Gasteiger partial charge in [0.25, 0.3) is 5.91 Å². The molecule has 0 spiro atoms. The average Bonchev–Trinajstić information content (AvgIpc) is 2.84. The number of carbonyl (C=O) groups excluding carboxylic acids is 1. The monoisotopic (exact) mass is 298 g/mol. The topological polar surface area (TPSA) is 62.2 Å². The quantitative estimate of drug-likeness (QED) is 0.794. The molecule has 2 N–H and O–H groups in total. The third kappa shape index (κ3) is 5.21. The highest BCUT2D eigenvalue weighted by Gasteiger charge is 2.20. The van der Waals surface area contributed by atoms with Gasteiger partial charge in [0.2, 0.25) is 0 Å². The minimum absolute atomic E-state index is 0.0195. The van der Waals surface area contributed by atoms with Crippen molar-refractivity contribution in [3.63, 3.8) is 0 Å². The van der Waals surface area contributed by atoms with Crippen LogP contribution in [0.1, 0.15) is 62.1 Å². The van der Waals surface area contributed by atoms with Gasteiger partial charge in [-0.15, -0.1) is 11.3 Å². The van der Waals surface area contributed by atoms with E-state index in [4.69, 9.17) is 5.11 Å². The van der Waals surface area contributed by atoms with Crippen LogP contribution in [0.5, 0.6) is 0 Å². The molecule has 0 bridgehead atoms. The first kappa shape index (κ1) is 17.1. The average molecular weight is 298 g/mol. The molecular formula is C15H26N2O2S. The van der Waals surface area contributed by atoms with Crippen LogP contribution in [0.2, 0.25) is 0 Å². The molecule has 1 heterocycles. The van der Waals surface area contributed by atoms with Crippen LogP contribution in [0, 0.1) is 5.41 Å². The van der Waals surface area contributed by atoms with Gasteiger partial charge < -0.3 is 10.4 Å². The highest BCUT2D eigenvalue weighted by molar-refractivity contribution is 7.13. The van der Waals surface area contributed by atoms with Crippen LogP contribution in [0.4, 0.5) is 0 Å². The molecule has 114 valence electrons. The van der Waals surface area contributed by atoms with Crippen molar-refractivity contribution in [3.05, 3.63) is 16.1 Å². The van der Waals surface area contributed by atoms with Gasteiger partial charge in [0.05, 0.1) is 11.2 Å². The Morgan fingerprint density at radius 3 is 2.50 bits per heavy atom. The normalized spacial score (nSPS) is 12.5. The first-order valence-electron chi connectivity index (χ1n) is 7.01. The molecule has 4 nitrogen and oxygen atoms in total. The molecule has 0 aliphatic carbocycles. The van der Waals surface area contributed by atoms with Gasteiger partial charge in [-0.25, -0.2) is 4.98 Å². The lowest BCUT2D eigenvalue weighted by Gasteiger charge is -2.21. The lowest BCUT2D eigenvalue weighted by atomic mass is 9.89. The number of aliphatic hydroxyl groups excluding tert-OH is 1. The maximum Gasteiger partial charge on any atom is 0.263 e. The van der Waals surface area contributed by atoms with Crippen LogP contribution in [0.3, 0.4) is 0 Å². The number of nitrogens with zero attached hydrogens (tertiary/aromatic N) is 1. The van der Waals surface area contributed by atoms with Crippen molar-refractivity contribution in [2.75, 3.05) is 13.2 Å². The zero-order valence-corrected chi connectivity index (χ0v) is 13.9. The van der Waals surface area contributed by atoms with E-state index in [1.165, 1.54) is 11.3 Å². The van der Waals surface area contributed by atoms with Gasteiger partial charge in [0.15, 0.2) is 0 Å². The van der Waals surface area contributed by atoms with Crippen molar-refractivity contribution in [1.29, 1.82) is 0 Å². The summed E-state index contributed by atoms with van der Waals surface area (Å²) in [6.45, 7) is 11.1. The Bertz CT molecular complexity index is 447. The third-order valence-corrected chi connectivity index (χ3v) is 4.54. The van der Waals surface area contributed by atoms with E-state index in [1.54, 1.807) is 6.20 Å². The number of amides is 1. The Labute approximate surface area is 125 Å². The minimum Gasteiger partial charge on any atom is -0.396 e. The molecule has 0 radical (unpaired) electrons. The molecule has 0 aliphatic heterocycles. The van der Waals surface area contributed by atoms with Gasteiger partial charge in [-0.2, -0.15) is 0 Å². The second-order valence-electron chi connectivity index (χ2n) is 6.96. The van der Waals surface area contributed by atoms with Crippen LogP contribution < -0.4 is 5.32 Å². The predicted molar refractivity (Wildman–Crippen MR) is 83.2 cm³/mol. The summed E-state index contributed by atoms with van der Waals surface area (Å²) in [6, 6.07) is 0. The van der Waals surface area contributed by atoms with Crippen molar-refractivity contribution < 1.29 is 9.90 Å². The molecule has 0 atom stereocenters. The maximum atomic E-state index is 12.0. The number of hydrogen-bond acceptors (Lipinski definition) is 4. The number of thiazole rings is 1. The zero-order chi connectivity index (χ0) is 15.4. The van der Waals surface area contributed by atoms with Crippen LogP contribution in [-0.2, 0) is 5.41 Å². The summed E-state index contributed by atoms with van der Waals surface area (Å²) in [4.78, 5) is 17.0. The molecule has 20 heavy (non-hydrogen) atoms. The number of nitrogens with one attached hydrogen (secondary N) is 1. The fourth-order valence-electron chi connectivity index (χ4n) is 1.66. The van der Waals surface area contributed by atoms with Gasteiger partial charge in [-0.3, -0.25) is 4.79 Å². The molecule has 1 amide bonds. The Morgan fingerprint density at radius 2 is 2.00 bits per heavy atom. The van der Waals surface area contributed by atoms with Crippen molar-refractivity contribution in [3.8, 4) is 0 Å². The van der Waals surface area contributed by atoms with E-state index in [-0.39, 0.29) is 23.3 Å². The number of carbonyl (C=O) groups is 1. The van der Waals surface area contributed by atoms with Crippen LogP contribution >= 0.6 is 11.3 Å². The van der Waals surface area contributed by atoms with Gasteiger partial charge in [-0.05, 0) is 18.3 Å². The van der Waals surface area contributed by atoms with Gasteiger partial charge in [-0.1, -0.05) is 34.6 Å². The SMILES string of the molecule is CC(C)(CO)CCCNC(=O)c1cnc(C(C)(C)C)s1. The van der Waals surface area contributed by atoms with E-state index in [2.05, 4.69) is 31.1 Å². The van der Waals surface area contributed by atoms with E-state index in [1.807, 2.05) is 13.8 Å². The van der Waals surface area contributed by atoms with E-state index in [0.717, 1.165) is 17.8 Å². The lowest BCUT2D eigenvalue weighted by molar-refractivity contribution is 0.0952. The molecule has 1 aromatic heterocycles. The summed E-state index contributed by atoms with van der Waals surface area (Å²) < 4.78 is 0. The Hall–Kier alpha value is -0.940. The highest BCUT2D eigenvalue weighted by atomic mass is 32.1. The third-order valence-electron chi connectivity index (χ3n) is 3.11. The molecule has 1 aromatic rings. The zero-order valence-electron chi connectivity index (χ0n) is 13.1. The summed E-state index contributed by atoms with van der Waals surface area (Å²) in [5.74, 6) is -0.0557. The Balaban J connectivity index is 2.42. The van der Waals surface area contributed by atoms with E-state index in [0.29, 0.717) is 11.4 Å². The van der Waals surface area contributed by atoms with E-state index >= 15 is 0 Å². The molecular weight excluding hydrogens is 272 g/mol. The van der Waals surface area contributed by atoms with E-state index in [9.17, 15) is 4.79 Å². The van der Waals surface area contributed by atoms with Crippen LogP contribution in [-0.4, -0.2) is 29.1 Å². The maximum absolute atomic E-state index is 12.0. The Kier molecular flexibility index (Phi) is 5.71. The molecule has 0 fully saturated rings.